The fraction of sp³-hybridized carbons (Fsp3) is 0.217. The quantitative estimate of drug-likeness (QED) is 0.564. The lowest BCUT2D eigenvalue weighted by molar-refractivity contribution is -0.116. The van der Waals surface area contributed by atoms with E-state index in [1.807, 2.05) is 24.3 Å². The molecule has 2 aromatic carbocycles. The number of hydrogen-bond donors (Lipinski definition) is 1. The van der Waals surface area contributed by atoms with Crippen molar-refractivity contribution in [3.8, 4) is 16.2 Å². The Morgan fingerprint density at radius 2 is 1.81 bits per heavy atom. The second kappa shape index (κ2) is 8.66. The summed E-state index contributed by atoms with van der Waals surface area (Å²) in [4.78, 5) is 27.8. The van der Waals surface area contributed by atoms with Crippen molar-refractivity contribution >= 4 is 28.8 Å². The molecule has 2 amide bonds. The second-order valence-corrected chi connectivity index (χ2v) is 8.47. The summed E-state index contributed by atoms with van der Waals surface area (Å²) in [6, 6.07) is 9.32. The summed E-state index contributed by atoms with van der Waals surface area (Å²) in [7, 11) is 3.06. The topological polar surface area (TPSA) is 58.6 Å². The largest absolute Gasteiger partial charge is 0.497 e. The lowest BCUT2D eigenvalue weighted by Gasteiger charge is -2.16. The zero-order valence-electron chi connectivity index (χ0n) is 17.3. The molecule has 0 fully saturated rings. The van der Waals surface area contributed by atoms with E-state index in [4.69, 9.17) is 4.74 Å². The summed E-state index contributed by atoms with van der Waals surface area (Å²) < 4.78 is 45.4. The smallest absolute Gasteiger partial charge is 0.264 e. The Morgan fingerprint density at radius 3 is 2.56 bits per heavy atom. The van der Waals surface area contributed by atoms with E-state index in [0.717, 1.165) is 46.2 Å². The number of aryl methyl sites for hydroxylation is 2. The van der Waals surface area contributed by atoms with E-state index in [1.54, 1.807) is 7.11 Å². The molecule has 0 bridgehead atoms. The lowest BCUT2D eigenvalue weighted by Crippen LogP contribution is -2.34. The molecule has 4 rings (SSSR count). The molecule has 9 heteroatoms. The highest BCUT2D eigenvalue weighted by Crippen LogP contribution is 2.41. The van der Waals surface area contributed by atoms with Crippen LogP contribution in [-0.2, 0) is 17.6 Å². The number of benzene rings is 2. The fourth-order valence-corrected chi connectivity index (χ4v) is 4.90. The number of anilines is 1. The van der Waals surface area contributed by atoms with Gasteiger partial charge in [-0.15, -0.1) is 11.3 Å². The summed E-state index contributed by atoms with van der Waals surface area (Å²) in [5.41, 5.74) is 2.79. The fourth-order valence-electron chi connectivity index (χ4n) is 3.63. The maximum absolute atomic E-state index is 13.8. The molecule has 166 valence electrons. The van der Waals surface area contributed by atoms with Gasteiger partial charge in [0.25, 0.3) is 5.91 Å². The van der Waals surface area contributed by atoms with Gasteiger partial charge in [0.05, 0.1) is 24.2 Å². The highest BCUT2D eigenvalue weighted by Gasteiger charge is 2.24. The third-order valence-corrected chi connectivity index (χ3v) is 6.48. The van der Waals surface area contributed by atoms with Crippen LogP contribution < -0.4 is 10.1 Å². The van der Waals surface area contributed by atoms with Crippen LogP contribution in [0.5, 0.6) is 5.75 Å². The second-order valence-electron chi connectivity index (χ2n) is 7.42. The number of thiophene rings is 1. The number of methoxy groups -OCH3 is 1. The summed E-state index contributed by atoms with van der Waals surface area (Å²) in [6.45, 7) is -0.381. The number of amides is 2. The van der Waals surface area contributed by atoms with E-state index in [0.29, 0.717) is 10.9 Å². The minimum Gasteiger partial charge on any atom is -0.497 e. The third kappa shape index (κ3) is 4.08. The van der Waals surface area contributed by atoms with Crippen molar-refractivity contribution in [3.05, 3.63) is 69.9 Å². The normalized spacial score (nSPS) is 12.0. The molecule has 0 aliphatic heterocycles. The molecule has 0 atom stereocenters. The van der Waals surface area contributed by atoms with Crippen molar-refractivity contribution in [1.29, 1.82) is 0 Å². The molecular formula is C23H19F3N2O3S. The van der Waals surface area contributed by atoms with E-state index in [2.05, 4.69) is 5.32 Å². The van der Waals surface area contributed by atoms with Crippen molar-refractivity contribution < 1.29 is 27.5 Å². The number of ether oxygens (including phenoxy) is 1. The Bertz CT molecular complexity index is 1230. The zero-order valence-corrected chi connectivity index (χ0v) is 18.1. The molecule has 0 unspecified atom stereocenters. The Morgan fingerprint density at radius 1 is 1.06 bits per heavy atom. The van der Waals surface area contributed by atoms with E-state index in [1.165, 1.54) is 23.3 Å². The van der Waals surface area contributed by atoms with Gasteiger partial charge < -0.3 is 15.0 Å². The Kier molecular flexibility index (Phi) is 5.92. The molecule has 0 radical (unpaired) electrons. The Balaban J connectivity index is 1.47. The SMILES string of the molecule is COc1ccc2c(c1)CCc1cc(C(=O)N(C)CC(=O)Nc3ccc(F)c(F)c3F)sc1-2. The van der Waals surface area contributed by atoms with Crippen LogP contribution in [0.2, 0.25) is 0 Å². The van der Waals surface area contributed by atoms with Gasteiger partial charge in [-0.3, -0.25) is 9.59 Å². The van der Waals surface area contributed by atoms with Gasteiger partial charge in [0.2, 0.25) is 5.91 Å². The molecule has 1 aliphatic rings. The number of fused-ring (bicyclic) bond motifs is 3. The zero-order chi connectivity index (χ0) is 23.0. The molecule has 0 spiro atoms. The average molecular weight is 460 g/mol. The monoisotopic (exact) mass is 460 g/mol. The number of carbonyl (C=O) groups excluding carboxylic acids is 2. The molecule has 5 nitrogen and oxygen atoms in total. The summed E-state index contributed by atoms with van der Waals surface area (Å²) in [5.74, 6) is -4.83. The van der Waals surface area contributed by atoms with Gasteiger partial charge >= 0.3 is 0 Å². The van der Waals surface area contributed by atoms with Crippen molar-refractivity contribution in [2.45, 2.75) is 12.8 Å². The minimum atomic E-state index is -1.67. The predicted molar refractivity (Wildman–Crippen MR) is 116 cm³/mol. The molecular weight excluding hydrogens is 441 g/mol. The van der Waals surface area contributed by atoms with Crippen LogP contribution in [0.3, 0.4) is 0 Å². The van der Waals surface area contributed by atoms with Crippen molar-refractivity contribution in [2.75, 3.05) is 26.0 Å². The van der Waals surface area contributed by atoms with Gasteiger partial charge in [-0.25, -0.2) is 13.2 Å². The van der Waals surface area contributed by atoms with Crippen molar-refractivity contribution in [3.63, 3.8) is 0 Å². The lowest BCUT2D eigenvalue weighted by atomic mass is 9.91. The summed E-state index contributed by atoms with van der Waals surface area (Å²) in [6.07, 6.45) is 1.63. The molecule has 32 heavy (non-hydrogen) atoms. The van der Waals surface area contributed by atoms with Gasteiger partial charge in [0.1, 0.15) is 5.75 Å². The third-order valence-electron chi connectivity index (χ3n) is 5.28. The van der Waals surface area contributed by atoms with Crippen LogP contribution in [0.25, 0.3) is 10.4 Å². The molecule has 1 aromatic heterocycles. The number of halogens is 3. The number of likely N-dealkylation sites (N-methyl/N-ethyl adjacent to an activating group) is 1. The highest BCUT2D eigenvalue weighted by atomic mass is 32.1. The van der Waals surface area contributed by atoms with Gasteiger partial charge in [0.15, 0.2) is 17.5 Å². The first kappa shape index (κ1) is 21.9. The van der Waals surface area contributed by atoms with Crippen LogP contribution in [0.15, 0.2) is 36.4 Å². The van der Waals surface area contributed by atoms with Crippen molar-refractivity contribution in [1.82, 2.24) is 4.90 Å². The number of nitrogens with zero attached hydrogens (tertiary/aromatic N) is 1. The summed E-state index contributed by atoms with van der Waals surface area (Å²) >= 11 is 1.35. The van der Waals surface area contributed by atoms with Gasteiger partial charge in [-0.1, -0.05) is 0 Å². The maximum atomic E-state index is 13.8. The van der Waals surface area contributed by atoms with Crippen LogP contribution in [0.1, 0.15) is 20.8 Å². The van der Waals surface area contributed by atoms with Crippen LogP contribution in [0, 0.1) is 17.5 Å². The van der Waals surface area contributed by atoms with E-state index in [-0.39, 0.29) is 12.5 Å². The number of carbonyl (C=O) groups is 2. The van der Waals surface area contributed by atoms with Gasteiger partial charge in [0, 0.05) is 11.9 Å². The standard InChI is InChI=1S/C23H19F3N2O3S/c1-28(11-19(29)27-17-8-7-16(24)20(25)21(17)26)23(30)18-10-13-4-3-12-9-14(31-2)5-6-15(12)22(13)32-18/h5-10H,3-4,11H2,1-2H3,(H,27,29). The molecule has 0 saturated heterocycles. The molecule has 1 heterocycles. The minimum absolute atomic E-state index is 0.361. The van der Waals surface area contributed by atoms with Crippen molar-refractivity contribution in [2.24, 2.45) is 0 Å². The first-order valence-electron chi connectivity index (χ1n) is 9.77. The van der Waals surface area contributed by atoms with E-state index >= 15 is 0 Å². The molecule has 1 aliphatic carbocycles. The first-order valence-corrected chi connectivity index (χ1v) is 10.6. The molecule has 0 saturated carbocycles. The molecule has 1 N–H and O–H groups in total. The Hall–Kier alpha value is -3.33. The van der Waals surface area contributed by atoms with Gasteiger partial charge in [-0.2, -0.15) is 0 Å². The maximum Gasteiger partial charge on any atom is 0.264 e. The van der Waals surface area contributed by atoms with E-state index < -0.39 is 29.0 Å². The van der Waals surface area contributed by atoms with Crippen LogP contribution >= 0.6 is 11.3 Å². The summed E-state index contributed by atoms with van der Waals surface area (Å²) in [5, 5.41) is 2.17. The van der Waals surface area contributed by atoms with Crippen LogP contribution in [0.4, 0.5) is 18.9 Å². The average Bonchev–Trinajstić information content (AvgIpc) is 3.23. The number of nitrogens with one attached hydrogen (secondary N) is 1. The molecule has 3 aromatic rings. The first-order chi connectivity index (χ1) is 15.3. The van der Waals surface area contributed by atoms with E-state index in [9.17, 15) is 22.8 Å². The number of rotatable bonds is 5. The van der Waals surface area contributed by atoms with Crippen LogP contribution in [-0.4, -0.2) is 37.4 Å². The predicted octanol–water partition coefficient (Wildman–Crippen LogP) is 4.65. The van der Waals surface area contributed by atoms with Gasteiger partial charge in [-0.05, 0) is 65.9 Å². The Labute approximate surface area is 186 Å². The number of hydrogen-bond acceptors (Lipinski definition) is 4. The highest BCUT2D eigenvalue weighted by molar-refractivity contribution is 7.17.